The lowest BCUT2D eigenvalue weighted by Gasteiger charge is -2.10. The second kappa shape index (κ2) is 10.9. The van der Waals surface area contributed by atoms with Gasteiger partial charge in [-0.1, -0.05) is 60.7 Å². The summed E-state index contributed by atoms with van der Waals surface area (Å²) < 4.78 is 29.0. The number of para-hydroxylation sites is 1. The highest BCUT2D eigenvalue weighted by atomic mass is 32.2. The third-order valence-corrected chi connectivity index (χ3v) is 7.60. The molecule has 0 aliphatic heterocycles. The number of nitrogens with zero attached hydrogens (tertiary/aromatic N) is 1. The van der Waals surface area contributed by atoms with Crippen molar-refractivity contribution in [1.82, 2.24) is 4.98 Å². The van der Waals surface area contributed by atoms with Crippen molar-refractivity contribution in [3.05, 3.63) is 120 Å². The van der Waals surface area contributed by atoms with Gasteiger partial charge in [-0.25, -0.2) is 13.4 Å². The molecule has 0 saturated heterocycles. The molecule has 0 radical (unpaired) electrons. The molecule has 0 aliphatic rings. The van der Waals surface area contributed by atoms with E-state index in [0.717, 1.165) is 18.4 Å². The summed E-state index contributed by atoms with van der Waals surface area (Å²) in [5.41, 5.74) is 10.3. The Morgan fingerprint density at radius 2 is 1.58 bits per heavy atom. The Hall–Kier alpha value is -4.40. The van der Waals surface area contributed by atoms with E-state index in [9.17, 15) is 13.5 Å². The summed E-state index contributed by atoms with van der Waals surface area (Å²) in [6, 6.07) is 30.8. The van der Waals surface area contributed by atoms with Crippen LogP contribution < -0.4 is 10.5 Å². The highest BCUT2D eigenvalue weighted by Gasteiger charge is 2.22. The molecular weight excluding hydrogens is 496 g/mol. The number of H-pyrrole nitrogens is 1. The van der Waals surface area contributed by atoms with E-state index >= 15 is 0 Å². The molecule has 1 aromatic heterocycles. The number of benzene rings is 4. The quantitative estimate of drug-likeness (QED) is 0.184. The van der Waals surface area contributed by atoms with Gasteiger partial charge < -0.3 is 15.8 Å². The number of aliphatic imine (C=N–C) groups is 1. The summed E-state index contributed by atoms with van der Waals surface area (Å²) in [6.07, 6.45) is 1.80. The number of rotatable bonds is 9. The molecule has 5 N–H and O–H groups in total. The SMILES string of the molecule is NCCCc1ccc(N=C(c2ccccc2)c2c(O)[nH]c3ccc(S(=O)(=O)Nc4ccccc4)cc23)cc1. The molecule has 8 heteroatoms. The number of anilines is 1. The van der Waals surface area contributed by atoms with Crippen LogP contribution >= 0.6 is 0 Å². The molecule has 38 heavy (non-hydrogen) atoms. The lowest BCUT2D eigenvalue weighted by Crippen LogP contribution is -2.12. The van der Waals surface area contributed by atoms with Crippen LogP contribution in [0.5, 0.6) is 5.88 Å². The Balaban J connectivity index is 1.61. The third-order valence-electron chi connectivity index (χ3n) is 6.22. The van der Waals surface area contributed by atoms with Gasteiger partial charge >= 0.3 is 0 Å². The second-order valence-corrected chi connectivity index (χ2v) is 10.6. The highest BCUT2D eigenvalue weighted by Crippen LogP contribution is 2.33. The van der Waals surface area contributed by atoms with Gasteiger partial charge in [-0.2, -0.15) is 0 Å². The van der Waals surface area contributed by atoms with Gasteiger partial charge in [0.05, 0.1) is 21.9 Å². The first kappa shape index (κ1) is 25.3. The second-order valence-electron chi connectivity index (χ2n) is 8.91. The Morgan fingerprint density at radius 3 is 2.26 bits per heavy atom. The average molecular weight is 525 g/mol. The van der Waals surface area contributed by atoms with Crippen LogP contribution in [-0.4, -0.2) is 30.8 Å². The predicted molar refractivity (Wildman–Crippen MR) is 153 cm³/mol. The predicted octanol–water partition coefficient (Wildman–Crippen LogP) is 5.73. The van der Waals surface area contributed by atoms with Crippen molar-refractivity contribution in [3.63, 3.8) is 0 Å². The van der Waals surface area contributed by atoms with Gasteiger partial charge in [0.2, 0.25) is 0 Å². The molecule has 0 atom stereocenters. The average Bonchev–Trinajstić information content (AvgIpc) is 3.26. The summed E-state index contributed by atoms with van der Waals surface area (Å²) in [4.78, 5) is 7.96. The smallest absolute Gasteiger partial charge is 0.261 e. The summed E-state index contributed by atoms with van der Waals surface area (Å²) in [7, 11) is -3.87. The molecular formula is C30H28N4O3S. The summed E-state index contributed by atoms with van der Waals surface area (Å²) in [5, 5.41) is 11.5. The highest BCUT2D eigenvalue weighted by molar-refractivity contribution is 7.92. The van der Waals surface area contributed by atoms with E-state index in [1.807, 2.05) is 60.7 Å². The Kier molecular flexibility index (Phi) is 7.26. The van der Waals surface area contributed by atoms with Crippen molar-refractivity contribution < 1.29 is 13.5 Å². The lowest BCUT2D eigenvalue weighted by molar-refractivity contribution is 0.457. The van der Waals surface area contributed by atoms with E-state index in [1.54, 1.807) is 36.4 Å². The Morgan fingerprint density at radius 1 is 0.895 bits per heavy atom. The lowest BCUT2D eigenvalue weighted by atomic mass is 10.0. The molecule has 0 unspecified atom stereocenters. The van der Waals surface area contributed by atoms with E-state index in [0.29, 0.717) is 40.1 Å². The number of aromatic hydroxyl groups is 1. The molecule has 0 bridgehead atoms. The maximum Gasteiger partial charge on any atom is 0.261 e. The van der Waals surface area contributed by atoms with E-state index in [-0.39, 0.29) is 10.8 Å². The molecule has 5 rings (SSSR count). The number of aromatic nitrogens is 1. The van der Waals surface area contributed by atoms with Crippen molar-refractivity contribution >= 4 is 38.0 Å². The third kappa shape index (κ3) is 5.46. The van der Waals surface area contributed by atoms with Crippen molar-refractivity contribution in [2.24, 2.45) is 10.7 Å². The summed E-state index contributed by atoms with van der Waals surface area (Å²) in [5.74, 6) is -0.0901. The number of nitrogens with one attached hydrogen (secondary N) is 2. The molecule has 4 aromatic carbocycles. The van der Waals surface area contributed by atoms with E-state index in [1.165, 1.54) is 11.6 Å². The van der Waals surface area contributed by atoms with Crippen LogP contribution in [0.3, 0.4) is 0 Å². The fourth-order valence-corrected chi connectivity index (χ4v) is 5.40. The molecule has 0 amide bonds. The number of aryl methyl sites for hydroxylation is 1. The van der Waals surface area contributed by atoms with Crippen LogP contribution in [0.2, 0.25) is 0 Å². The van der Waals surface area contributed by atoms with Crippen LogP contribution in [-0.2, 0) is 16.4 Å². The van der Waals surface area contributed by atoms with Gasteiger partial charge in [-0.3, -0.25) is 4.72 Å². The van der Waals surface area contributed by atoms with Crippen molar-refractivity contribution in [1.29, 1.82) is 0 Å². The fraction of sp³-hybridized carbons (Fsp3) is 0.100. The summed E-state index contributed by atoms with van der Waals surface area (Å²) >= 11 is 0. The zero-order valence-electron chi connectivity index (χ0n) is 20.6. The molecule has 0 saturated carbocycles. The van der Waals surface area contributed by atoms with Gasteiger partial charge in [-0.15, -0.1) is 0 Å². The van der Waals surface area contributed by atoms with Gasteiger partial charge in [0, 0.05) is 22.2 Å². The van der Waals surface area contributed by atoms with Gasteiger partial charge in [0.25, 0.3) is 10.0 Å². The van der Waals surface area contributed by atoms with Crippen molar-refractivity contribution in [2.45, 2.75) is 17.7 Å². The minimum Gasteiger partial charge on any atom is -0.494 e. The molecule has 1 heterocycles. The zero-order chi connectivity index (χ0) is 26.5. The largest absolute Gasteiger partial charge is 0.494 e. The monoisotopic (exact) mass is 524 g/mol. The number of nitrogens with two attached hydrogens (primary N) is 1. The molecule has 5 aromatic rings. The number of hydrogen-bond donors (Lipinski definition) is 4. The fourth-order valence-electron chi connectivity index (χ4n) is 4.32. The van der Waals surface area contributed by atoms with Gasteiger partial charge in [0.15, 0.2) is 5.88 Å². The first-order valence-corrected chi connectivity index (χ1v) is 13.8. The Bertz CT molecular complexity index is 1680. The Labute approximate surface area is 221 Å². The van der Waals surface area contributed by atoms with E-state index < -0.39 is 10.0 Å². The van der Waals surface area contributed by atoms with Crippen molar-refractivity contribution in [2.75, 3.05) is 11.3 Å². The summed E-state index contributed by atoms with van der Waals surface area (Å²) in [6.45, 7) is 0.635. The number of fused-ring (bicyclic) bond motifs is 1. The van der Waals surface area contributed by atoms with E-state index in [2.05, 4.69) is 9.71 Å². The zero-order valence-corrected chi connectivity index (χ0v) is 21.4. The van der Waals surface area contributed by atoms with Crippen molar-refractivity contribution in [3.8, 4) is 5.88 Å². The standard InChI is InChI=1S/C30H28N4O3S/c31-19-7-8-21-13-15-23(16-14-21)32-29(22-9-3-1-4-10-22)28-26-20-25(17-18-27(26)33-30(28)35)38(36,37)34-24-11-5-2-6-12-24/h1-6,9-18,20,33-35H,7-8,19,31H2. The van der Waals surface area contributed by atoms with Crippen LogP contribution in [0.4, 0.5) is 11.4 Å². The van der Waals surface area contributed by atoms with Gasteiger partial charge in [0.1, 0.15) is 0 Å². The first-order valence-electron chi connectivity index (χ1n) is 12.3. The molecule has 0 aliphatic carbocycles. The minimum absolute atomic E-state index is 0.0748. The first-order chi connectivity index (χ1) is 18.4. The van der Waals surface area contributed by atoms with Crippen LogP contribution in [0, 0.1) is 0 Å². The number of hydrogen-bond acceptors (Lipinski definition) is 5. The normalized spacial score (nSPS) is 12.1. The maximum atomic E-state index is 13.2. The van der Waals surface area contributed by atoms with Crippen LogP contribution in [0.1, 0.15) is 23.1 Å². The number of sulfonamides is 1. The van der Waals surface area contributed by atoms with Crippen LogP contribution in [0.25, 0.3) is 10.9 Å². The van der Waals surface area contributed by atoms with E-state index in [4.69, 9.17) is 10.7 Å². The molecule has 0 spiro atoms. The molecule has 0 fully saturated rings. The maximum absolute atomic E-state index is 13.2. The number of aromatic amines is 1. The molecule has 7 nitrogen and oxygen atoms in total. The minimum atomic E-state index is -3.87. The topological polar surface area (TPSA) is 121 Å². The van der Waals surface area contributed by atoms with Crippen LogP contribution in [0.15, 0.2) is 113 Å². The van der Waals surface area contributed by atoms with Gasteiger partial charge in [-0.05, 0) is 67.4 Å². The molecule has 192 valence electrons.